The smallest absolute Gasteiger partial charge is 0.264 e. The minimum Gasteiger partial charge on any atom is -0.457 e. The third kappa shape index (κ3) is 8.26. The molecule has 4 rings (SSSR count). The van der Waals surface area contributed by atoms with E-state index >= 15 is 0 Å². The molecule has 0 aliphatic heterocycles. The SMILES string of the molecule is CCCNC(=O)[C@@H](C)N(Cc1cccc(C)c1)C(=O)CN(c1ccc(Oc2ccccc2)cc1)S(=O)(=O)c1ccc(C)cc1. The fourth-order valence-electron chi connectivity index (χ4n) is 4.66. The van der Waals surface area contributed by atoms with Crippen LogP contribution in [0.4, 0.5) is 5.69 Å². The largest absolute Gasteiger partial charge is 0.457 e. The minimum atomic E-state index is -4.17. The van der Waals surface area contributed by atoms with Crippen LogP contribution in [0.2, 0.25) is 0 Å². The van der Waals surface area contributed by atoms with Gasteiger partial charge < -0.3 is 15.0 Å². The fraction of sp³-hybridized carbons (Fsp3) is 0.257. The van der Waals surface area contributed by atoms with Crippen LogP contribution in [0.3, 0.4) is 0 Å². The second kappa shape index (κ2) is 14.7. The molecule has 0 bridgehead atoms. The number of nitrogens with zero attached hydrogens (tertiary/aromatic N) is 2. The molecule has 2 amide bonds. The maximum absolute atomic E-state index is 14.1. The van der Waals surface area contributed by atoms with Crippen molar-refractivity contribution in [3.8, 4) is 11.5 Å². The van der Waals surface area contributed by atoms with Gasteiger partial charge in [-0.1, -0.05) is 72.6 Å². The molecule has 0 aliphatic carbocycles. The van der Waals surface area contributed by atoms with Crippen LogP contribution in [0.5, 0.6) is 11.5 Å². The van der Waals surface area contributed by atoms with Gasteiger partial charge in [-0.05, 0) is 81.3 Å². The van der Waals surface area contributed by atoms with E-state index < -0.39 is 28.5 Å². The zero-order valence-electron chi connectivity index (χ0n) is 25.6. The molecule has 1 N–H and O–H groups in total. The summed E-state index contributed by atoms with van der Waals surface area (Å²) in [7, 11) is -4.17. The van der Waals surface area contributed by atoms with Gasteiger partial charge in [-0.2, -0.15) is 0 Å². The monoisotopic (exact) mass is 613 g/mol. The van der Waals surface area contributed by atoms with E-state index in [1.807, 2.05) is 75.4 Å². The molecule has 44 heavy (non-hydrogen) atoms. The second-order valence-electron chi connectivity index (χ2n) is 10.7. The van der Waals surface area contributed by atoms with E-state index in [1.165, 1.54) is 17.0 Å². The van der Waals surface area contributed by atoms with Gasteiger partial charge in [0.25, 0.3) is 10.0 Å². The molecule has 4 aromatic carbocycles. The highest BCUT2D eigenvalue weighted by atomic mass is 32.2. The Morgan fingerprint density at radius 3 is 2.11 bits per heavy atom. The number of para-hydroxylation sites is 1. The van der Waals surface area contributed by atoms with Crippen LogP contribution in [0.1, 0.15) is 37.0 Å². The molecular formula is C35H39N3O5S. The lowest BCUT2D eigenvalue weighted by Gasteiger charge is -2.32. The summed E-state index contributed by atoms with van der Waals surface area (Å²) in [5, 5.41) is 2.86. The number of hydrogen-bond acceptors (Lipinski definition) is 5. The Morgan fingerprint density at radius 2 is 1.48 bits per heavy atom. The molecule has 0 heterocycles. The minimum absolute atomic E-state index is 0.0551. The second-order valence-corrected chi connectivity index (χ2v) is 12.6. The van der Waals surface area contributed by atoms with E-state index in [0.29, 0.717) is 18.0 Å². The lowest BCUT2D eigenvalue weighted by atomic mass is 10.1. The van der Waals surface area contributed by atoms with Crippen molar-refractivity contribution >= 4 is 27.5 Å². The Morgan fingerprint density at radius 1 is 0.818 bits per heavy atom. The highest BCUT2D eigenvalue weighted by molar-refractivity contribution is 7.92. The molecule has 4 aromatic rings. The van der Waals surface area contributed by atoms with Gasteiger partial charge in [0, 0.05) is 13.1 Å². The van der Waals surface area contributed by atoms with Gasteiger partial charge in [0.2, 0.25) is 11.8 Å². The van der Waals surface area contributed by atoms with E-state index in [9.17, 15) is 18.0 Å². The number of rotatable bonds is 13. The van der Waals surface area contributed by atoms with Gasteiger partial charge in [-0.25, -0.2) is 8.42 Å². The summed E-state index contributed by atoms with van der Waals surface area (Å²) in [6.07, 6.45) is 0.747. The van der Waals surface area contributed by atoms with Crippen LogP contribution < -0.4 is 14.4 Å². The van der Waals surface area contributed by atoms with Gasteiger partial charge in [0.1, 0.15) is 24.1 Å². The summed E-state index contributed by atoms with van der Waals surface area (Å²) in [5.74, 6) is 0.345. The summed E-state index contributed by atoms with van der Waals surface area (Å²) in [6.45, 7) is 7.54. The third-order valence-corrected chi connectivity index (χ3v) is 8.93. The fourth-order valence-corrected chi connectivity index (χ4v) is 6.07. The number of aryl methyl sites for hydroxylation is 2. The van der Waals surface area contributed by atoms with Crippen molar-refractivity contribution in [3.63, 3.8) is 0 Å². The van der Waals surface area contributed by atoms with Crippen LogP contribution in [-0.4, -0.2) is 44.3 Å². The van der Waals surface area contributed by atoms with Crippen molar-refractivity contribution in [1.29, 1.82) is 0 Å². The summed E-state index contributed by atoms with van der Waals surface area (Å²) < 4.78 is 35.1. The highest BCUT2D eigenvalue weighted by Gasteiger charge is 2.32. The molecule has 8 nitrogen and oxygen atoms in total. The predicted molar refractivity (Wildman–Crippen MR) is 173 cm³/mol. The lowest BCUT2D eigenvalue weighted by molar-refractivity contribution is -0.139. The highest BCUT2D eigenvalue weighted by Crippen LogP contribution is 2.29. The van der Waals surface area contributed by atoms with E-state index in [2.05, 4.69) is 5.32 Å². The average molecular weight is 614 g/mol. The Kier molecular flexibility index (Phi) is 10.8. The van der Waals surface area contributed by atoms with Gasteiger partial charge in [-0.15, -0.1) is 0 Å². The van der Waals surface area contributed by atoms with Crippen molar-refractivity contribution in [2.75, 3.05) is 17.4 Å². The molecule has 0 radical (unpaired) electrons. The number of ether oxygens (including phenoxy) is 1. The summed E-state index contributed by atoms with van der Waals surface area (Å²) in [5.41, 5.74) is 3.05. The maximum atomic E-state index is 14.1. The maximum Gasteiger partial charge on any atom is 0.264 e. The van der Waals surface area contributed by atoms with Gasteiger partial charge in [0.05, 0.1) is 10.6 Å². The van der Waals surface area contributed by atoms with Crippen molar-refractivity contribution in [1.82, 2.24) is 10.2 Å². The third-order valence-electron chi connectivity index (χ3n) is 7.14. The first-order chi connectivity index (χ1) is 21.1. The first kappa shape index (κ1) is 32.3. The molecular weight excluding hydrogens is 574 g/mol. The molecule has 0 fully saturated rings. The zero-order valence-corrected chi connectivity index (χ0v) is 26.4. The Hall–Kier alpha value is -4.63. The van der Waals surface area contributed by atoms with Crippen LogP contribution in [0.25, 0.3) is 0 Å². The van der Waals surface area contributed by atoms with E-state index in [4.69, 9.17) is 4.74 Å². The molecule has 230 valence electrons. The lowest BCUT2D eigenvalue weighted by Crippen LogP contribution is -2.51. The summed E-state index contributed by atoms with van der Waals surface area (Å²) >= 11 is 0. The molecule has 0 aliphatic rings. The first-order valence-corrected chi connectivity index (χ1v) is 16.1. The Bertz CT molecular complexity index is 1660. The number of nitrogens with one attached hydrogen (secondary N) is 1. The molecule has 0 aromatic heterocycles. The summed E-state index contributed by atoms with van der Waals surface area (Å²) in [6, 6.07) is 29.1. The van der Waals surface area contributed by atoms with Gasteiger partial charge in [-0.3, -0.25) is 13.9 Å². The molecule has 0 saturated carbocycles. The molecule has 0 spiro atoms. The Balaban J connectivity index is 1.70. The van der Waals surface area contributed by atoms with Crippen molar-refractivity contribution < 1.29 is 22.7 Å². The van der Waals surface area contributed by atoms with Gasteiger partial charge >= 0.3 is 0 Å². The molecule has 0 saturated heterocycles. The topological polar surface area (TPSA) is 96.0 Å². The zero-order chi connectivity index (χ0) is 31.7. The standard InChI is InChI=1S/C35H39N3O5S/c1-5-22-36-35(40)28(4)37(24-29-11-9-10-27(3)23-29)34(39)25-38(44(41,42)33-20-14-26(2)15-21-33)30-16-18-32(19-17-30)43-31-12-7-6-8-13-31/h6-21,23,28H,5,22,24-25H2,1-4H3,(H,36,40)/t28-/m1/s1. The normalized spacial score (nSPS) is 11.8. The quantitative estimate of drug-likeness (QED) is 0.193. The van der Waals surface area contributed by atoms with E-state index in [1.54, 1.807) is 43.3 Å². The number of anilines is 1. The number of sulfonamides is 1. The van der Waals surface area contributed by atoms with E-state index in [0.717, 1.165) is 27.4 Å². The van der Waals surface area contributed by atoms with Crippen LogP contribution in [0.15, 0.2) is 108 Å². The average Bonchev–Trinajstić information content (AvgIpc) is 3.02. The van der Waals surface area contributed by atoms with Crippen LogP contribution in [-0.2, 0) is 26.2 Å². The number of carbonyl (C=O) groups excluding carboxylic acids is 2. The summed E-state index contributed by atoms with van der Waals surface area (Å²) in [4.78, 5) is 28.6. The first-order valence-electron chi connectivity index (χ1n) is 14.6. The molecule has 0 unspecified atom stereocenters. The van der Waals surface area contributed by atoms with Crippen molar-refractivity contribution in [2.45, 2.75) is 51.6 Å². The Labute approximate surface area is 260 Å². The van der Waals surface area contributed by atoms with E-state index in [-0.39, 0.29) is 23.0 Å². The van der Waals surface area contributed by atoms with Crippen molar-refractivity contribution in [3.05, 3.63) is 120 Å². The number of carbonyl (C=O) groups is 2. The molecule has 9 heteroatoms. The predicted octanol–water partition coefficient (Wildman–Crippen LogP) is 6.23. The molecule has 1 atom stereocenters. The van der Waals surface area contributed by atoms with Crippen LogP contribution >= 0.6 is 0 Å². The van der Waals surface area contributed by atoms with Gasteiger partial charge in [0.15, 0.2) is 0 Å². The number of amides is 2. The van der Waals surface area contributed by atoms with Crippen molar-refractivity contribution in [2.24, 2.45) is 0 Å². The van der Waals surface area contributed by atoms with Crippen LogP contribution in [0, 0.1) is 13.8 Å². The number of benzene rings is 4. The number of hydrogen-bond donors (Lipinski definition) is 1.